The number of nitrogens with zero attached hydrogens (tertiary/aromatic N) is 3. The second kappa shape index (κ2) is 5.39. The van der Waals surface area contributed by atoms with Gasteiger partial charge >= 0.3 is 0 Å². The van der Waals surface area contributed by atoms with Crippen LogP contribution in [0.2, 0.25) is 0 Å². The van der Waals surface area contributed by atoms with Crippen LogP contribution in [0.1, 0.15) is 12.0 Å². The first-order chi connectivity index (χ1) is 7.90. The molecule has 1 aromatic carbocycles. The summed E-state index contributed by atoms with van der Waals surface area (Å²) in [5, 5.41) is 2.93. The average molecular weight is 217 g/mol. The number of aliphatic imine (C=N–C) groups is 1. The standard InChI is InChI=1S/C12H15N3O/c16-14-9-12-13-7-4-8-15(12)10-11-5-2-1-3-6-11/h1-3,5-6H,4,7-10H2. The molecule has 0 bridgehead atoms. The van der Waals surface area contributed by atoms with Crippen LogP contribution in [0.5, 0.6) is 0 Å². The van der Waals surface area contributed by atoms with Gasteiger partial charge in [-0.15, -0.1) is 0 Å². The smallest absolute Gasteiger partial charge is 0.138 e. The van der Waals surface area contributed by atoms with Gasteiger partial charge < -0.3 is 4.90 Å². The van der Waals surface area contributed by atoms with Gasteiger partial charge in [0.2, 0.25) is 0 Å². The molecule has 0 saturated carbocycles. The van der Waals surface area contributed by atoms with Crippen molar-refractivity contribution in [3.8, 4) is 0 Å². The van der Waals surface area contributed by atoms with Gasteiger partial charge in [0, 0.05) is 19.6 Å². The fraction of sp³-hybridized carbons (Fsp3) is 0.417. The van der Waals surface area contributed by atoms with Crippen molar-refractivity contribution >= 4 is 5.84 Å². The summed E-state index contributed by atoms with van der Waals surface area (Å²) in [7, 11) is 0. The molecule has 0 radical (unpaired) electrons. The number of amidine groups is 1. The zero-order valence-electron chi connectivity index (χ0n) is 9.17. The van der Waals surface area contributed by atoms with E-state index in [-0.39, 0.29) is 6.54 Å². The van der Waals surface area contributed by atoms with Gasteiger partial charge in [-0.25, -0.2) is 0 Å². The predicted octanol–water partition coefficient (Wildman–Crippen LogP) is 2.06. The van der Waals surface area contributed by atoms with Crippen LogP contribution in [0.25, 0.3) is 0 Å². The Labute approximate surface area is 95.0 Å². The zero-order valence-corrected chi connectivity index (χ0v) is 9.17. The van der Waals surface area contributed by atoms with Crippen molar-refractivity contribution < 1.29 is 0 Å². The number of nitroso groups, excluding NO2 is 1. The highest BCUT2D eigenvalue weighted by Gasteiger charge is 2.15. The van der Waals surface area contributed by atoms with Gasteiger partial charge in [0.1, 0.15) is 12.4 Å². The Morgan fingerprint density at radius 1 is 1.31 bits per heavy atom. The summed E-state index contributed by atoms with van der Waals surface area (Å²) in [6, 6.07) is 10.2. The molecule has 0 amide bonds. The molecule has 1 aromatic rings. The van der Waals surface area contributed by atoms with Crippen LogP contribution in [0.15, 0.2) is 40.5 Å². The Bertz CT molecular complexity index is 375. The van der Waals surface area contributed by atoms with Gasteiger partial charge in [-0.3, -0.25) is 4.99 Å². The molecule has 1 heterocycles. The van der Waals surface area contributed by atoms with Crippen molar-refractivity contribution in [1.82, 2.24) is 4.90 Å². The van der Waals surface area contributed by atoms with E-state index in [1.165, 1.54) is 5.56 Å². The second-order valence-electron chi connectivity index (χ2n) is 3.85. The van der Waals surface area contributed by atoms with Crippen molar-refractivity contribution in [2.75, 3.05) is 19.6 Å². The SMILES string of the molecule is O=NCC1=NCCCN1Cc1ccccc1. The van der Waals surface area contributed by atoms with Crippen molar-refractivity contribution in [3.63, 3.8) is 0 Å². The number of rotatable bonds is 4. The van der Waals surface area contributed by atoms with Crippen LogP contribution in [0, 0.1) is 4.91 Å². The minimum Gasteiger partial charge on any atom is -0.354 e. The molecule has 4 heteroatoms. The molecule has 0 aliphatic carbocycles. The van der Waals surface area contributed by atoms with E-state index in [2.05, 4.69) is 27.2 Å². The van der Waals surface area contributed by atoms with Gasteiger partial charge in [0.15, 0.2) is 0 Å². The van der Waals surface area contributed by atoms with Crippen LogP contribution in [0.4, 0.5) is 0 Å². The Hall–Kier alpha value is -1.71. The lowest BCUT2D eigenvalue weighted by Crippen LogP contribution is -2.36. The van der Waals surface area contributed by atoms with E-state index < -0.39 is 0 Å². The molecule has 84 valence electrons. The first-order valence-electron chi connectivity index (χ1n) is 5.51. The van der Waals surface area contributed by atoms with Crippen LogP contribution in [-0.4, -0.2) is 30.4 Å². The molecular formula is C12H15N3O. The van der Waals surface area contributed by atoms with Gasteiger partial charge in [-0.05, 0) is 12.0 Å². The summed E-state index contributed by atoms with van der Waals surface area (Å²) in [6.07, 6.45) is 1.05. The monoisotopic (exact) mass is 217 g/mol. The van der Waals surface area contributed by atoms with E-state index in [9.17, 15) is 4.91 Å². The summed E-state index contributed by atoms with van der Waals surface area (Å²) in [6.45, 7) is 2.78. The fourth-order valence-corrected chi connectivity index (χ4v) is 1.88. The van der Waals surface area contributed by atoms with Gasteiger partial charge in [0.05, 0.1) is 0 Å². The summed E-state index contributed by atoms with van der Waals surface area (Å²) in [5.74, 6) is 0.824. The number of hydrogen-bond donors (Lipinski definition) is 0. The molecular weight excluding hydrogens is 202 g/mol. The maximum Gasteiger partial charge on any atom is 0.138 e. The quantitative estimate of drug-likeness (QED) is 0.724. The molecule has 0 spiro atoms. The predicted molar refractivity (Wildman–Crippen MR) is 64.4 cm³/mol. The molecule has 0 unspecified atom stereocenters. The van der Waals surface area contributed by atoms with E-state index in [1.807, 2.05) is 18.2 Å². The molecule has 2 rings (SSSR count). The van der Waals surface area contributed by atoms with Crippen LogP contribution in [-0.2, 0) is 6.54 Å². The molecule has 1 aliphatic rings. The molecule has 0 N–H and O–H groups in total. The van der Waals surface area contributed by atoms with Gasteiger partial charge in [-0.2, -0.15) is 4.91 Å². The van der Waals surface area contributed by atoms with Crippen LogP contribution >= 0.6 is 0 Å². The second-order valence-corrected chi connectivity index (χ2v) is 3.85. The van der Waals surface area contributed by atoms with E-state index >= 15 is 0 Å². The molecule has 0 atom stereocenters. The zero-order chi connectivity index (χ0) is 11.2. The van der Waals surface area contributed by atoms with E-state index in [4.69, 9.17) is 0 Å². The Morgan fingerprint density at radius 3 is 2.88 bits per heavy atom. The summed E-state index contributed by atoms with van der Waals surface area (Å²) in [4.78, 5) is 16.8. The van der Waals surface area contributed by atoms with Crippen molar-refractivity contribution in [1.29, 1.82) is 0 Å². The Morgan fingerprint density at radius 2 is 2.12 bits per heavy atom. The topological polar surface area (TPSA) is 45.0 Å². The Balaban J connectivity index is 2.05. The lowest BCUT2D eigenvalue weighted by atomic mass is 10.2. The summed E-state index contributed by atoms with van der Waals surface area (Å²) in [5.41, 5.74) is 1.24. The third-order valence-corrected chi connectivity index (χ3v) is 2.67. The molecule has 0 fully saturated rings. The average Bonchev–Trinajstić information content (AvgIpc) is 2.33. The fourth-order valence-electron chi connectivity index (χ4n) is 1.88. The Kier molecular flexibility index (Phi) is 3.64. The highest BCUT2D eigenvalue weighted by molar-refractivity contribution is 5.84. The first-order valence-corrected chi connectivity index (χ1v) is 5.51. The molecule has 4 nitrogen and oxygen atoms in total. The lowest BCUT2D eigenvalue weighted by molar-refractivity contribution is 0.383. The number of benzene rings is 1. The molecule has 1 aliphatic heterocycles. The molecule has 0 aromatic heterocycles. The van der Waals surface area contributed by atoms with Gasteiger partial charge in [0.25, 0.3) is 0 Å². The van der Waals surface area contributed by atoms with Crippen LogP contribution < -0.4 is 0 Å². The molecule has 0 saturated heterocycles. The van der Waals surface area contributed by atoms with Crippen LogP contribution in [0.3, 0.4) is 0 Å². The van der Waals surface area contributed by atoms with Crippen molar-refractivity contribution in [2.45, 2.75) is 13.0 Å². The molecule has 16 heavy (non-hydrogen) atoms. The summed E-state index contributed by atoms with van der Waals surface area (Å²) < 4.78 is 0. The van der Waals surface area contributed by atoms with Gasteiger partial charge in [-0.1, -0.05) is 35.5 Å². The third kappa shape index (κ3) is 2.66. The highest BCUT2D eigenvalue weighted by atomic mass is 16.3. The highest BCUT2D eigenvalue weighted by Crippen LogP contribution is 2.10. The minimum atomic E-state index is 0.187. The first kappa shape index (κ1) is 10.8. The van der Waals surface area contributed by atoms with E-state index in [1.54, 1.807) is 0 Å². The number of hydrogen-bond acceptors (Lipinski definition) is 4. The maximum absolute atomic E-state index is 10.3. The van der Waals surface area contributed by atoms with E-state index in [0.29, 0.717) is 0 Å². The largest absolute Gasteiger partial charge is 0.354 e. The van der Waals surface area contributed by atoms with Crippen molar-refractivity contribution in [3.05, 3.63) is 40.8 Å². The normalized spacial score (nSPS) is 15.8. The maximum atomic E-state index is 10.3. The van der Waals surface area contributed by atoms with E-state index in [0.717, 1.165) is 31.9 Å². The van der Waals surface area contributed by atoms with Crippen molar-refractivity contribution in [2.24, 2.45) is 10.2 Å². The summed E-state index contributed by atoms with van der Waals surface area (Å²) >= 11 is 0. The minimum absolute atomic E-state index is 0.187. The third-order valence-electron chi connectivity index (χ3n) is 2.67. The lowest BCUT2D eigenvalue weighted by Gasteiger charge is -2.28.